The van der Waals surface area contributed by atoms with Gasteiger partial charge < -0.3 is 34.7 Å². The molecule has 1 saturated heterocycles. The fraction of sp³-hybridized carbons (Fsp3) is 0.387. The Morgan fingerprint density at radius 3 is 2.74 bits per heavy atom. The van der Waals surface area contributed by atoms with E-state index in [2.05, 4.69) is 28.3 Å². The number of aromatic nitrogens is 1. The quantitative estimate of drug-likeness (QED) is 0.348. The lowest BCUT2D eigenvalue weighted by Crippen LogP contribution is -2.43. The van der Waals surface area contributed by atoms with Crippen LogP contribution < -0.4 is 20.3 Å². The number of aliphatic imine (C=N–C) groups is 1. The molecule has 220 valence electrons. The fourth-order valence-electron chi connectivity index (χ4n) is 5.89. The second kappa shape index (κ2) is 11.8. The molecular formula is C31H34ClN5O5. The number of carbonyl (C=O) groups is 1. The Balaban J connectivity index is 1.13. The van der Waals surface area contributed by atoms with E-state index in [4.69, 9.17) is 26.1 Å². The Morgan fingerprint density at radius 1 is 1.17 bits per heavy atom. The van der Waals surface area contributed by atoms with Crippen LogP contribution in [0.25, 0.3) is 0 Å². The number of benzene rings is 2. The molecule has 3 aromatic rings. The van der Waals surface area contributed by atoms with Gasteiger partial charge in [0.15, 0.2) is 0 Å². The van der Waals surface area contributed by atoms with Crippen molar-refractivity contribution < 1.29 is 19.4 Å². The van der Waals surface area contributed by atoms with Crippen LogP contribution in [0.1, 0.15) is 39.9 Å². The zero-order valence-electron chi connectivity index (χ0n) is 23.7. The number of aliphatic hydroxyl groups is 1. The van der Waals surface area contributed by atoms with Crippen LogP contribution in [0, 0.1) is 0 Å². The maximum Gasteiger partial charge on any atom is 0.259 e. The van der Waals surface area contributed by atoms with Gasteiger partial charge in [-0.25, -0.2) is 0 Å². The molecule has 0 radical (unpaired) electrons. The first kappa shape index (κ1) is 28.3. The molecule has 3 aliphatic rings. The molecule has 0 aliphatic carbocycles. The van der Waals surface area contributed by atoms with Gasteiger partial charge >= 0.3 is 0 Å². The van der Waals surface area contributed by atoms with E-state index in [1.165, 1.54) is 0 Å². The van der Waals surface area contributed by atoms with Crippen molar-refractivity contribution in [2.45, 2.75) is 38.0 Å². The number of likely N-dealkylation sites (tertiary alicyclic amines) is 1. The summed E-state index contributed by atoms with van der Waals surface area (Å²) in [5.74, 6) is 1.11. The van der Waals surface area contributed by atoms with E-state index < -0.39 is 6.10 Å². The molecular weight excluding hydrogens is 558 g/mol. The number of aliphatic hydroxyl groups excluding tert-OH is 1. The lowest BCUT2D eigenvalue weighted by atomic mass is 10.00. The van der Waals surface area contributed by atoms with Crippen LogP contribution in [0.5, 0.6) is 11.5 Å². The number of piperidine rings is 1. The predicted octanol–water partition coefficient (Wildman–Crippen LogP) is 3.62. The van der Waals surface area contributed by atoms with Gasteiger partial charge in [-0.1, -0.05) is 17.7 Å². The van der Waals surface area contributed by atoms with Crippen molar-refractivity contribution in [2.24, 2.45) is 4.99 Å². The number of carbonyl (C=O) groups excluding carboxylic acids is 1. The molecule has 1 fully saturated rings. The second-order valence-corrected chi connectivity index (χ2v) is 11.5. The third-order valence-corrected chi connectivity index (χ3v) is 8.52. The molecule has 10 nitrogen and oxygen atoms in total. The minimum absolute atomic E-state index is 0.00187. The summed E-state index contributed by atoms with van der Waals surface area (Å²) in [6.45, 7) is 2.75. The number of anilines is 1. The number of aromatic amines is 1. The number of ether oxygens (including phenoxy) is 2. The van der Waals surface area contributed by atoms with Crippen LogP contribution in [0.3, 0.4) is 0 Å². The van der Waals surface area contributed by atoms with E-state index in [-0.39, 0.29) is 30.7 Å². The number of H-pyrrole nitrogens is 1. The Morgan fingerprint density at radius 2 is 1.98 bits per heavy atom. The zero-order chi connectivity index (χ0) is 29.4. The zero-order valence-corrected chi connectivity index (χ0v) is 24.4. The van der Waals surface area contributed by atoms with Crippen LogP contribution in [0.15, 0.2) is 52.4 Å². The molecule has 1 aromatic heterocycles. The van der Waals surface area contributed by atoms with Gasteiger partial charge in [0.1, 0.15) is 24.2 Å². The van der Waals surface area contributed by atoms with Crippen LogP contribution in [-0.2, 0) is 13.0 Å². The molecule has 6 rings (SSSR count). The number of fused-ring (bicyclic) bond motifs is 2. The molecule has 0 saturated carbocycles. The number of nitrogens with one attached hydrogen (secondary N) is 2. The van der Waals surface area contributed by atoms with Crippen molar-refractivity contribution >= 4 is 34.6 Å². The summed E-state index contributed by atoms with van der Waals surface area (Å²) in [7, 11) is 3.67. The topological polar surface area (TPSA) is 119 Å². The van der Waals surface area contributed by atoms with Crippen molar-refractivity contribution in [3.05, 3.63) is 80.2 Å². The highest BCUT2D eigenvalue weighted by atomic mass is 35.5. The third kappa shape index (κ3) is 5.62. The molecule has 1 atom stereocenters. The van der Waals surface area contributed by atoms with Gasteiger partial charge in [-0.05, 0) is 68.4 Å². The average molecular weight is 592 g/mol. The van der Waals surface area contributed by atoms with Gasteiger partial charge in [0.2, 0.25) is 0 Å². The number of rotatable bonds is 9. The predicted molar refractivity (Wildman–Crippen MR) is 162 cm³/mol. The van der Waals surface area contributed by atoms with E-state index in [1.807, 2.05) is 11.0 Å². The standard InChI is InChI=1S/C31H34ClN5O5/c1-36-9-6-20(7-10-36)37-16-19-11-18-12-27(35-26(18)14-23(19)31(37)40)29-25(5-8-33-30(29)39)34-15-21(38)17-42-28-4-3-22(41-2)13-24(28)32/h3-5,8,11,13-14,20-21,38H,6-7,9-10,12,15-17H2,1-2H3,(H2,33,34,39)/t21-/m1/s1. The van der Waals surface area contributed by atoms with Crippen molar-refractivity contribution in [1.29, 1.82) is 0 Å². The Hall–Kier alpha value is -3.86. The van der Waals surface area contributed by atoms with Crippen LogP contribution in [0.4, 0.5) is 11.4 Å². The maximum absolute atomic E-state index is 13.3. The van der Waals surface area contributed by atoms with Crippen molar-refractivity contribution in [3.63, 3.8) is 0 Å². The smallest absolute Gasteiger partial charge is 0.259 e. The summed E-state index contributed by atoms with van der Waals surface area (Å²) in [6.07, 6.45) is 3.14. The number of nitrogens with zero attached hydrogens (tertiary/aromatic N) is 3. The highest BCUT2D eigenvalue weighted by Gasteiger charge is 2.35. The number of hydrogen-bond acceptors (Lipinski definition) is 8. The number of pyridine rings is 1. The van der Waals surface area contributed by atoms with E-state index >= 15 is 0 Å². The molecule has 11 heteroatoms. The van der Waals surface area contributed by atoms with Crippen molar-refractivity contribution in [3.8, 4) is 11.5 Å². The van der Waals surface area contributed by atoms with Crippen molar-refractivity contribution in [2.75, 3.05) is 45.7 Å². The molecule has 2 aromatic carbocycles. The lowest BCUT2D eigenvalue weighted by Gasteiger charge is -2.34. The first-order chi connectivity index (χ1) is 20.3. The number of methoxy groups -OCH3 is 1. The van der Waals surface area contributed by atoms with Gasteiger partial charge in [0, 0.05) is 43.4 Å². The molecule has 3 N–H and O–H groups in total. The van der Waals surface area contributed by atoms with Crippen LogP contribution >= 0.6 is 11.6 Å². The summed E-state index contributed by atoms with van der Waals surface area (Å²) < 4.78 is 10.8. The van der Waals surface area contributed by atoms with Gasteiger partial charge in [0.25, 0.3) is 11.5 Å². The van der Waals surface area contributed by atoms with E-state index in [9.17, 15) is 14.7 Å². The van der Waals surface area contributed by atoms with E-state index in [0.717, 1.165) is 42.7 Å². The lowest BCUT2D eigenvalue weighted by molar-refractivity contribution is 0.0617. The number of amides is 1. The number of halogens is 1. The van der Waals surface area contributed by atoms with Gasteiger partial charge in [-0.3, -0.25) is 14.6 Å². The van der Waals surface area contributed by atoms with Crippen LogP contribution in [0.2, 0.25) is 5.02 Å². The van der Waals surface area contributed by atoms with E-state index in [0.29, 0.717) is 52.0 Å². The maximum atomic E-state index is 13.3. The van der Waals surface area contributed by atoms with Gasteiger partial charge in [-0.15, -0.1) is 0 Å². The Kier molecular flexibility index (Phi) is 7.94. The normalized spacial score (nSPS) is 17.6. The summed E-state index contributed by atoms with van der Waals surface area (Å²) in [5, 5.41) is 14.1. The largest absolute Gasteiger partial charge is 0.497 e. The van der Waals surface area contributed by atoms with Crippen molar-refractivity contribution in [1.82, 2.24) is 14.8 Å². The molecule has 0 spiro atoms. The first-order valence-electron chi connectivity index (χ1n) is 14.1. The Labute approximate surface area is 248 Å². The van der Waals surface area contributed by atoms with Crippen LogP contribution in [-0.4, -0.2) is 84.1 Å². The van der Waals surface area contributed by atoms with E-state index in [1.54, 1.807) is 37.6 Å². The third-order valence-electron chi connectivity index (χ3n) is 8.23. The highest BCUT2D eigenvalue weighted by Crippen LogP contribution is 2.37. The monoisotopic (exact) mass is 591 g/mol. The SMILES string of the molecule is COc1ccc(OC[C@H](O)CNc2cc[nH]c(=O)c2C2=Nc3cc4c(cc3C2)CN(C2CCN(C)CC2)C4=O)c(Cl)c1. The summed E-state index contributed by atoms with van der Waals surface area (Å²) in [6, 6.07) is 11.0. The summed E-state index contributed by atoms with van der Waals surface area (Å²) in [4.78, 5) is 38.1. The molecule has 1 amide bonds. The molecule has 0 bridgehead atoms. The average Bonchev–Trinajstić information content (AvgIpc) is 3.54. The summed E-state index contributed by atoms with van der Waals surface area (Å²) >= 11 is 6.23. The Bertz CT molecular complexity index is 1600. The molecule has 0 unspecified atom stereocenters. The molecule has 3 aliphatic heterocycles. The highest BCUT2D eigenvalue weighted by molar-refractivity contribution is 6.32. The minimum atomic E-state index is -0.875. The molecule has 42 heavy (non-hydrogen) atoms. The number of hydrogen-bond donors (Lipinski definition) is 3. The fourth-order valence-corrected chi connectivity index (χ4v) is 6.12. The van der Waals surface area contributed by atoms with Gasteiger partial charge in [0.05, 0.1) is 34.8 Å². The molecule has 4 heterocycles. The first-order valence-corrected chi connectivity index (χ1v) is 14.5. The van der Waals surface area contributed by atoms with Gasteiger partial charge in [-0.2, -0.15) is 0 Å². The minimum Gasteiger partial charge on any atom is -0.497 e. The second-order valence-electron chi connectivity index (χ2n) is 11.1. The summed E-state index contributed by atoms with van der Waals surface area (Å²) in [5.41, 5.74) is 4.77.